The number of carbonyl (C=O) groups excluding carboxylic acids is 2. The van der Waals surface area contributed by atoms with Gasteiger partial charge in [0.2, 0.25) is 11.9 Å². The van der Waals surface area contributed by atoms with E-state index < -0.39 is 0 Å². The summed E-state index contributed by atoms with van der Waals surface area (Å²) in [4.78, 5) is 33.1. The van der Waals surface area contributed by atoms with Gasteiger partial charge in [0.25, 0.3) is 5.91 Å². The van der Waals surface area contributed by atoms with Crippen molar-refractivity contribution in [2.75, 3.05) is 18.4 Å². The molecule has 0 aliphatic carbocycles. The molecule has 1 saturated heterocycles. The number of fused-ring (bicyclic) bond motifs is 1. The number of hydrogen-bond donors (Lipinski definition) is 2. The van der Waals surface area contributed by atoms with Gasteiger partial charge in [-0.2, -0.15) is 5.10 Å². The number of likely N-dealkylation sites (tertiary alicyclic amines) is 1. The number of carbonyl (C=O) groups is 2. The van der Waals surface area contributed by atoms with Gasteiger partial charge < -0.3 is 14.8 Å². The van der Waals surface area contributed by atoms with Crippen LogP contribution in [-0.4, -0.2) is 55.2 Å². The lowest BCUT2D eigenvalue weighted by molar-refractivity contribution is -0.126. The fourth-order valence-corrected chi connectivity index (χ4v) is 5.77. The standard InChI is InChI=1S/C29H35N7O2S/c1-5-25(37)34-14-6-8-21(34)18-35-23-10-9-20(17-30-19-29(2,3)4)16-22(23)32-28(35)33-27(38)24-11-12-26(39-24)36-15-7-13-31-36/h5,7,9-13,15-16,21,30H,1,6,8,14,17-19H2,2-4H3,(H,32,33,38)/t21-/m1/s1. The zero-order chi connectivity index (χ0) is 27.6. The van der Waals surface area contributed by atoms with Crippen molar-refractivity contribution in [1.82, 2.24) is 29.5 Å². The van der Waals surface area contributed by atoms with Gasteiger partial charge in [-0.25, -0.2) is 9.67 Å². The van der Waals surface area contributed by atoms with E-state index in [1.807, 2.05) is 27.8 Å². The van der Waals surface area contributed by atoms with Crippen molar-refractivity contribution in [3.63, 3.8) is 0 Å². The van der Waals surface area contributed by atoms with Crippen LogP contribution in [-0.2, 0) is 17.9 Å². The summed E-state index contributed by atoms with van der Waals surface area (Å²) in [5.74, 6) is 0.179. The lowest BCUT2D eigenvalue weighted by Crippen LogP contribution is -2.37. The molecule has 9 nitrogen and oxygen atoms in total. The first-order valence-electron chi connectivity index (χ1n) is 13.3. The number of anilines is 1. The van der Waals surface area contributed by atoms with Crippen LogP contribution in [0.25, 0.3) is 16.0 Å². The third-order valence-electron chi connectivity index (χ3n) is 6.80. The maximum absolute atomic E-state index is 13.3. The Labute approximate surface area is 232 Å². The predicted octanol–water partition coefficient (Wildman–Crippen LogP) is 4.85. The van der Waals surface area contributed by atoms with Crippen LogP contribution in [0.15, 0.2) is 61.4 Å². The van der Waals surface area contributed by atoms with E-state index in [9.17, 15) is 9.59 Å². The normalized spacial score (nSPS) is 15.7. The molecule has 204 valence electrons. The van der Waals surface area contributed by atoms with Gasteiger partial charge in [-0.05, 0) is 60.2 Å². The minimum absolute atomic E-state index is 0.00448. The number of imidazole rings is 1. The minimum Gasteiger partial charge on any atom is -0.334 e. The molecule has 1 fully saturated rings. The van der Waals surface area contributed by atoms with Crippen molar-refractivity contribution in [3.05, 3.63) is 71.9 Å². The van der Waals surface area contributed by atoms with Crippen LogP contribution in [0.3, 0.4) is 0 Å². The average molecular weight is 546 g/mol. The molecule has 4 heterocycles. The Bertz CT molecular complexity index is 1480. The van der Waals surface area contributed by atoms with Gasteiger partial charge in [0.1, 0.15) is 5.00 Å². The lowest BCUT2D eigenvalue weighted by atomic mass is 9.97. The highest BCUT2D eigenvalue weighted by Crippen LogP contribution is 2.28. The molecule has 1 aromatic carbocycles. The Morgan fingerprint density at radius 3 is 2.82 bits per heavy atom. The van der Waals surface area contributed by atoms with Gasteiger partial charge in [0.05, 0.1) is 22.0 Å². The van der Waals surface area contributed by atoms with Gasteiger partial charge in [-0.3, -0.25) is 14.9 Å². The number of nitrogens with one attached hydrogen (secondary N) is 2. The topological polar surface area (TPSA) is 97.1 Å². The van der Waals surface area contributed by atoms with Crippen LogP contribution in [0.2, 0.25) is 0 Å². The summed E-state index contributed by atoms with van der Waals surface area (Å²) in [7, 11) is 0. The number of thiophene rings is 1. The molecule has 5 rings (SSSR count). The summed E-state index contributed by atoms with van der Waals surface area (Å²) in [6, 6.07) is 11.7. The second kappa shape index (κ2) is 11.2. The molecule has 1 aliphatic rings. The lowest BCUT2D eigenvalue weighted by Gasteiger charge is -2.24. The van der Waals surface area contributed by atoms with Crippen LogP contribution in [0, 0.1) is 5.41 Å². The minimum atomic E-state index is -0.229. The fourth-order valence-electron chi connectivity index (χ4n) is 4.93. The zero-order valence-electron chi connectivity index (χ0n) is 22.7. The monoisotopic (exact) mass is 545 g/mol. The Morgan fingerprint density at radius 2 is 2.08 bits per heavy atom. The highest BCUT2D eigenvalue weighted by molar-refractivity contribution is 7.16. The molecule has 2 N–H and O–H groups in total. The highest BCUT2D eigenvalue weighted by Gasteiger charge is 2.29. The molecular weight excluding hydrogens is 510 g/mol. The van der Waals surface area contributed by atoms with E-state index in [0.717, 1.165) is 47.5 Å². The molecule has 0 unspecified atom stereocenters. The highest BCUT2D eigenvalue weighted by atomic mass is 32.1. The summed E-state index contributed by atoms with van der Waals surface area (Å²) in [5.41, 5.74) is 3.05. The molecule has 0 bridgehead atoms. The Kier molecular flexibility index (Phi) is 7.67. The van der Waals surface area contributed by atoms with E-state index in [4.69, 9.17) is 4.98 Å². The first-order valence-corrected chi connectivity index (χ1v) is 14.1. The molecule has 0 spiro atoms. The van der Waals surface area contributed by atoms with E-state index in [0.29, 0.717) is 23.9 Å². The summed E-state index contributed by atoms with van der Waals surface area (Å²) in [6.45, 7) is 13.2. The Hall–Kier alpha value is -3.76. The van der Waals surface area contributed by atoms with Crippen molar-refractivity contribution in [1.29, 1.82) is 0 Å². The van der Waals surface area contributed by atoms with Crippen molar-refractivity contribution in [2.45, 2.75) is 52.7 Å². The van der Waals surface area contributed by atoms with Crippen LogP contribution >= 0.6 is 11.3 Å². The molecule has 1 aliphatic heterocycles. The van der Waals surface area contributed by atoms with Crippen LogP contribution in [0.1, 0.15) is 48.8 Å². The van der Waals surface area contributed by atoms with Gasteiger partial charge in [-0.15, -0.1) is 11.3 Å². The van der Waals surface area contributed by atoms with Crippen LogP contribution in [0.4, 0.5) is 5.95 Å². The number of aromatic nitrogens is 4. The molecule has 3 aromatic heterocycles. The number of nitrogens with zero attached hydrogens (tertiary/aromatic N) is 5. The fraction of sp³-hybridized carbons (Fsp3) is 0.379. The largest absolute Gasteiger partial charge is 0.334 e. The zero-order valence-corrected chi connectivity index (χ0v) is 23.5. The predicted molar refractivity (Wildman–Crippen MR) is 155 cm³/mol. The summed E-state index contributed by atoms with van der Waals surface area (Å²) < 4.78 is 3.76. The Balaban J connectivity index is 1.43. The number of benzene rings is 1. The van der Waals surface area contributed by atoms with Gasteiger partial charge >= 0.3 is 0 Å². The van der Waals surface area contributed by atoms with Crippen molar-refractivity contribution < 1.29 is 9.59 Å². The molecule has 2 amide bonds. The number of amides is 2. The first kappa shape index (κ1) is 26.8. The quantitative estimate of drug-likeness (QED) is 0.293. The van der Waals surface area contributed by atoms with E-state index in [1.54, 1.807) is 16.9 Å². The molecular formula is C29H35N7O2S. The SMILES string of the molecule is C=CC(=O)N1CCC[C@@H]1Cn1c(NC(=O)c2ccc(-n3cccn3)s2)nc2cc(CNCC(C)(C)C)ccc21. The summed E-state index contributed by atoms with van der Waals surface area (Å²) in [5, 5.41) is 11.7. The van der Waals surface area contributed by atoms with Crippen LogP contribution < -0.4 is 10.6 Å². The summed E-state index contributed by atoms with van der Waals surface area (Å²) >= 11 is 1.36. The van der Waals surface area contributed by atoms with Gasteiger partial charge in [0, 0.05) is 38.6 Å². The molecule has 0 saturated carbocycles. The second-order valence-electron chi connectivity index (χ2n) is 11.1. The number of rotatable bonds is 9. The molecule has 39 heavy (non-hydrogen) atoms. The molecule has 0 radical (unpaired) electrons. The number of hydrogen-bond acceptors (Lipinski definition) is 6. The van der Waals surface area contributed by atoms with E-state index in [2.05, 4.69) is 61.3 Å². The van der Waals surface area contributed by atoms with Crippen LogP contribution in [0.5, 0.6) is 0 Å². The maximum atomic E-state index is 13.3. The smallest absolute Gasteiger partial charge is 0.268 e. The van der Waals surface area contributed by atoms with Gasteiger partial charge in [0.15, 0.2) is 0 Å². The first-order chi connectivity index (χ1) is 18.7. The molecule has 4 aromatic rings. The molecule has 1 atom stereocenters. The average Bonchev–Trinajstić information content (AvgIpc) is 3.70. The van der Waals surface area contributed by atoms with E-state index in [-0.39, 0.29) is 23.3 Å². The van der Waals surface area contributed by atoms with E-state index >= 15 is 0 Å². The maximum Gasteiger partial charge on any atom is 0.268 e. The van der Waals surface area contributed by atoms with Crippen molar-refractivity contribution in [3.8, 4) is 5.00 Å². The van der Waals surface area contributed by atoms with Gasteiger partial charge in [-0.1, -0.05) is 33.4 Å². The van der Waals surface area contributed by atoms with Crippen molar-refractivity contribution >= 4 is 40.1 Å². The second-order valence-corrected chi connectivity index (χ2v) is 12.2. The Morgan fingerprint density at radius 1 is 1.23 bits per heavy atom. The van der Waals surface area contributed by atoms with Crippen molar-refractivity contribution in [2.24, 2.45) is 5.41 Å². The third kappa shape index (κ3) is 6.12. The van der Waals surface area contributed by atoms with E-state index in [1.165, 1.54) is 17.4 Å². The summed E-state index contributed by atoms with van der Waals surface area (Å²) in [6.07, 6.45) is 6.75. The molecule has 10 heteroatoms. The third-order valence-corrected chi connectivity index (χ3v) is 7.87.